The lowest BCUT2D eigenvalue weighted by Gasteiger charge is -2.30. The number of fused-ring (bicyclic) bond motifs is 2. The molecular formula is C24H19N5O2S. The second kappa shape index (κ2) is 8.11. The quantitative estimate of drug-likeness (QED) is 0.514. The van der Waals surface area contributed by atoms with E-state index in [9.17, 15) is 10.1 Å². The smallest absolute Gasteiger partial charge is 0.251 e. The topological polar surface area (TPSA) is 101 Å². The van der Waals surface area contributed by atoms with Crippen molar-refractivity contribution >= 4 is 27.6 Å². The molecule has 2 aromatic heterocycles. The summed E-state index contributed by atoms with van der Waals surface area (Å²) in [7, 11) is 0. The van der Waals surface area contributed by atoms with Crippen LogP contribution in [0.4, 0.5) is 0 Å². The van der Waals surface area contributed by atoms with Gasteiger partial charge in [-0.15, -0.1) is 5.10 Å². The Morgan fingerprint density at radius 2 is 2.06 bits per heavy atom. The summed E-state index contributed by atoms with van der Waals surface area (Å²) in [4.78, 5) is 18.2. The van der Waals surface area contributed by atoms with Gasteiger partial charge in [0, 0.05) is 11.1 Å². The number of carbonyl (C=O) groups is 1. The second-order valence-corrected chi connectivity index (χ2v) is 8.88. The molecule has 1 amide bonds. The van der Waals surface area contributed by atoms with Gasteiger partial charge in [-0.1, -0.05) is 47.7 Å². The molecule has 7 nitrogen and oxygen atoms in total. The molecule has 0 radical (unpaired) electrons. The average molecular weight is 442 g/mol. The third-order valence-electron chi connectivity index (χ3n) is 5.52. The van der Waals surface area contributed by atoms with E-state index in [-0.39, 0.29) is 12.5 Å². The number of aromatic nitrogens is 3. The van der Waals surface area contributed by atoms with E-state index in [1.807, 2.05) is 49.4 Å². The lowest BCUT2D eigenvalue weighted by molar-refractivity contribution is 0.0757. The molecule has 3 heterocycles. The highest BCUT2D eigenvalue weighted by Gasteiger charge is 2.33. The summed E-state index contributed by atoms with van der Waals surface area (Å²) in [6.45, 7) is 2.82. The number of hydrogen-bond acceptors (Lipinski definition) is 7. The van der Waals surface area contributed by atoms with E-state index in [1.165, 1.54) is 11.3 Å². The van der Waals surface area contributed by atoms with Gasteiger partial charge in [-0.05, 0) is 36.2 Å². The molecule has 8 heteroatoms. The van der Waals surface area contributed by atoms with Crippen molar-refractivity contribution in [2.24, 2.45) is 0 Å². The van der Waals surface area contributed by atoms with E-state index in [0.29, 0.717) is 24.5 Å². The number of ether oxygens (including phenoxy) is 1. The largest absolute Gasteiger partial charge is 0.375 e. The third kappa shape index (κ3) is 3.73. The van der Waals surface area contributed by atoms with Crippen LogP contribution in [0, 0.1) is 11.3 Å². The first-order chi connectivity index (χ1) is 15.6. The van der Waals surface area contributed by atoms with Crippen molar-refractivity contribution in [2.45, 2.75) is 25.5 Å². The van der Waals surface area contributed by atoms with Crippen LogP contribution < -0.4 is 5.32 Å². The summed E-state index contributed by atoms with van der Waals surface area (Å²) in [5.74, 6) is -0.232. The fourth-order valence-corrected chi connectivity index (χ4v) is 4.61. The Morgan fingerprint density at radius 3 is 2.88 bits per heavy atom. The molecule has 0 unspecified atom stereocenters. The Hall–Kier alpha value is -3.67. The van der Waals surface area contributed by atoms with E-state index in [4.69, 9.17) is 4.74 Å². The molecule has 0 aliphatic carbocycles. The Kier molecular flexibility index (Phi) is 5.13. The van der Waals surface area contributed by atoms with Crippen molar-refractivity contribution in [3.05, 3.63) is 77.0 Å². The number of carbonyl (C=O) groups excluding carboxylic acids is 1. The second-order valence-electron chi connectivity index (χ2n) is 7.90. The molecule has 1 atom stereocenters. The van der Waals surface area contributed by atoms with E-state index < -0.39 is 5.41 Å². The van der Waals surface area contributed by atoms with Gasteiger partial charge < -0.3 is 10.1 Å². The van der Waals surface area contributed by atoms with E-state index >= 15 is 0 Å². The molecule has 2 aromatic carbocycles. The number of benzene rings is 2. The maximum atomic E-state index is 12.8. The van der Waals surface area contributed by atoms with Crippen molar-refractivity contribution in [1.82, 2.24) is 20.5 Å². The fraction of sp³-hybridized carbons (Fsp3) is 0.208. The Bertz CT molecular complexity index is 1360. The highest BCUT2D eigenvalue weighted by atomic mass is 32.1. The predicted octanol–water partition coefficient (Wildman–Crippen LogP) is 3.99. The molecule has 158 valence electrons. The van der Waals surface area contributed by atoms with Crippen LogP contribution in [0.3, 0.4) is 0 Å². The molecule has 32 heavy (non-hydrogen) atoms. The monoisotopic (exact) mass is 441 g/mol. The van der Waals surface area contributed by atoms with Gasteiger partial charge in [0.1, 0.15) is 15.9 Å². The van der Waals surface area contributed by atoms with Crippen molar-refractivity contribution in [3.63, 3.8) is 0 Å². The number of thiazole rings is 1. The zero-order chi connectivity index (χ0) is 22.1. The Morgan fingerprint density at radius 1 is 1.22 bits per heavy atom. The summed E-state index contributed by atoms with van der Waals surface area (Å²) in [6.07, 6.45) is 0. The van der Waals surface area contributed by atoms with Crippen molar-refractivity contribution < 1.29 is 9.53 Å². The molecule has 0 fully saturated rings. The number of nitrogens with one attached hydrogen (secondary N) is 1. The van der Waals surface area contributed by atoms with Crippen LogP contribution in [0.5, 0.6) is 0 Å². The minimum Gasteiger partial charge on any atom is -0.375 e. The molecule has 1 N–H and O–H groups in total. The number of nitriles is 1. The van der Waals surface area contributed by atoms with Gasteiger partial charge in [0.25, 0.3) is 5.91 Å². The SMILES string of the molecule is C[C@@]1(C#N)COCc2ccc(C(=O)NCc3cc4nc(-c5ccccc5)sc4nn3)cc21. The van der Waals surface area contributed by atoms with Crippen molar-refractivity contribution in [1.29, 1.82) is 5.26 Å². The van der Waals surface area contributed by atoms with Crippen LogP contribution >= 0.6 is 11.3 Å². The zero-order valence-corrected chi connectivity index (χ0v) is 18.1. The summed E-state index contributed by atoms with van der Waals surface area (Å²) in [5.41, 5.74) is 3.94. The summed E-state index contributed by atoms with van der Waals surface area (Å²) in [6, 6.07) is 19.5. The van der Waals surface area contributed by atoms with Gasteiger partial charge in [0.05, 0.1) is 31.5 Å². The van der Waals surface area contributed by atoms with Gasteiger partial charge in [-0.25, -0.2) is 4.98 Å². The first-order valence-electron chi connectivity index (χ1n) is 10.1. The van der Waals surface area contributed by atoms with Crippen LogP contribution in [0.2, 0.25) is 0 Å². The summed E-state index contributed by atoms with van der Waals surface area (Å²) < 4.78 is 5.53. The molecule has 0 spiro atoms. The van der Waals surface area contributed by atoms with E-state index in [1.54, 1.807) is 12.1 Å². The maximum Gasteiger partial charge on any atom is 0.251 e. The molecule has 0 saturated carbocycles. The molecule has 4 aromatic rings. The minimum absolute atomic E-state index is 0.232. The van der Waals surface area contributed by atoms with Crippen LogP contribution in [0.1, 0.15) is 34.1 Å². The minimum atomic E-state index is -0.762. The van der Waals surface area contributed by atoms with Gasteiger partial charge in [-0.3, -0.25) is 4.79 Å². The standard InChI is InChI=1S/C24H19N5O2S/c1-24(13-25)14-31-12-17-8-7-16(9-19(17)24)21(30)26-11-18-10-20-23(29-28-18)32-22(27-20)15-5-3-2-4-6-15/h2-10H,11-12,14H2,1H3,(H,26,30)/t24-/m1/s1. The molecule has 0 saturated heterocycles. The van der Waals surface area contributed by atoms with Gasteiger partial charge in [0.15, 0.2) is 4.83 Å². The first-order valence-corrected chi connectivity index (χ1v) is 11.0. The maximum absolute atomic E-state index is 12.8. The number of hydrogen-bond donors (Lipinski definition) is 1. The number of amides is 1. The molecule has 1 aliphatic rings. The summed E-state index contributed by atoms with van der Waals surface area (Å²) in [5, 5.41) is 21.9. The average Bonchev–Trinajstić information content (AvgIpc) is 3.27. The third-order valence-corrected chi connectivity index (χ3v) is 6.52. The summed E-state index contributed by atoms with van der Waals surface area (Å²) >= 11 is 1.49. The lowest BCUT2D eigenvalue weighted by atomic mass is 9.79. The van der Waals surface area contributed by atoms with Crippen molar-refractivity contribution in [2.75, 3.05) is 6.61 Å². The highest BCUT2D eigenvalue weighted by molar-refractivity contribution is 7.21. The van der Waals surface area contributed by atoms with E-state index in [0.717, 1.165) is 32.0 Å². The Balaban J connectivity index is 1.33. The van der Waals surface area contributed by atoms with Gasteiger partial charge in [-0.2, -0.15) is 10.4 Å². The van der Waals surface area contributed by atoms with Crippen LogP contribution in [0.15, 0.2) is 54.6 Å². The van der Waals surface area contributed by atoms with Crippen molar-refractivity contribution in [3.8, 4) is 16.6 Å². The lowest BCUT2D eigenvalue weighted by Crippen LogP contribution is -2.33. The van der Waals surface area contributed by atoms with Gasteiger partial charge >= 0.3 is 0 Å². The predicted molar refractivity (Wildman–Crippen MR) is 121 cm³/mol. The zero-order valence-electron chi connectivity index (χ0n) is 17.3. The molecule has 5 rings (SSSR count). The van der Waals surface area contributed by atoms with Crippen LogP contribution in [-0.4, -0.2) is 27.7 Å². The van der Waals surface area contributed by atoms with Crippen LogP contribution in [0.25, 0.3) is 20.9 Å². The number of rotatable bonds is 4. The van der Waals surface area contributed by atoms with E-state index in [2.05, 4.69) is 26.6 Å². The highest BCUT2D eigenvalue weighted by Crippen LogP contribution is 2.32. The molecule has 1 aliphatic heterocycles. The first kappa shape index (κ1) is 20.2. The van der Waals surface area contributed by atoms with Gasteiger partial charge in [0.2, 0.25) is 0 Å². The Labute approximate surface area is 188 Å². The number of nitrogens with zero attached hydrogens (tertiary/aromatic N) is 4. The normalized spacial score (nSPS) is 17.5. The van der Waals surface area contributed by atoms with Crippen LogP contribution in [-0.2, 0) is 23.3 Å². The fourth-order valence-electron chi connectivity index (χ4n) is 3.74. The molecule has 0 bridgehead atoms. The molecular weight excluding hydrogens is 422 g/mol.